The fourth-order valence-corrected chi connectivity index (χ4v) is 4.95. The van der Waals surface area contributed by atoms with Crippen molar-refractivity contribution in [1.82, 2.24) is 15.1 Å². The molecular weight excluding hydrogens is 350 g/mol. The Morgan fingerprint density at radius 2 is 1.75 bits per heavy atom. The molecular formula is C23H37N3O2. The molecule has 156 valence electrons. The Balaban J connectivity index is 1.74. The van der Waals surface area contributed by atoms with Gasteiger partial charge in [-0.25, -0.2) is 0 Å². The highest BCUT2D eigenvalue weighted by molar-refractivity contribution is 5.83. The molecule has 1 heterocycles. The fourth-order valence-electron chi connectivity index (χ4n) is 4.95. The van der Waals surface area contributed by atoms with E-state index in [1.54, 1.807) is 0 Å². The van der Waals surface area contributed by atoms with Crippen LogP contribution in [0.2, 0.25) is 0 Å². The van der Waals surface area contributed by atoms with Gasteiger partial charge in [-0.15, -0.1) is 0 Å². The van der Waals surface area contributed by atoms with Gasteiger partial charge in [0.15, 0.2) is 0 Å². The van der Waals surface area contributed by atoms with Crippen molar-refractivity contribution in [2.24, 2.45) is 0 Å². The average molecular weight is 388 g/mol. The van der Waals surface area contributed by atoms with Gasteiger partial charge in [0, 0.05) is 25.2 Å². The summed E-state index contributed by atoms with van der Waals surface area (Å²) >= 11 is 0. The van der Waals surface area contributed by atoms with Crippen LogP contribution >= 0.6 is 0 Å². The number of nitrogens with one attached hydrogen (secondary N) is 1. The molecule has 28 heavy (non-hydrogen) atoms. The summed E-state index contributed by atoms with van der Waals surface area (Å²) in [5, 5.41) is 3.38. The third kappa shape index (κ3) is 4.94. The van der Waals surface area contributed by atoms with E-state index in [4.69, 9.17) is 4.74 Å². The highest BCUT2D eigenvalue weighted by Gasteiger charge is 2.39. The van der Waals surface area contributed by atoms with Crippen LogP contribution in [0.3, 0.4) is 0 Å². The Labute approximate surface area is 170 Å². The molecule has 1 aliphatic heterocycles. The fraction of sp³-hybridized carbons (Fsp3) is 0.696. The van der Waals surface area contributed by atoms with Gasteiger partial charge in [-0.2, -0.15) is 0 Å². The van der Waals surface area contributed by atoms with Gasteiger partial charge in [0.2, 0.25) is 5.91 Å². The summed E-state index contributed by atoms with van der Waals surface area (Å²) in [6, 6.07) is 9.98. The van der Waals surface area contributed by atoms with Gasteiger partial charge in [0.25, 0.3) is 0 Å². The van der Waals surface area contributed by atoms with Gasteiger partial charge < -0.3 is 10.1 Å². The van der Waals surface area contributed by atoms with E-state index < -0.39 is 0 Å². The molecule has 0 radical (unpaired) electrons. The van der Waals surface area contributed by atoms with Crippen LogP contribution < -0.4 is 5.32 Å². The number of hydrogen-bond acceptors (Lipinski definition) is 4. The molecule has 1 N–H and O–H groups in total. The Morgan fingerprint density at radius 3 is 2.36 bits per heavy atom. The summed E-state index contributed by atoms with van der Waals surface area (Å²) in [5.74, 6) is 0.133. The molecule has 3 rings (SSSR count). The third-order valence-electron chi connectivity index (χ3n) is 6.60. The Morgan fingerprint density at radius 1 is 1.11 bits per heavy atom. The van der Waals surface area contributed by atoms with E-state index in [0.717, 1.165) is 51.5 Å². The third-order valence-corrected chi connectivity index (χ3v) is 6.60. The van der Waals surface area contributed by atoms with Gasteiger partial charge in [-0.1, -0.05) is 63.4 Å². The number of hydrogen-bond donors (Lipinski definition) is 1. The molecule has 1 aromatic rings. The van der Waals surface area contributed by atoms with Crippen molar-refractivity contribution >= 4 is 5.91 Å². The molecule has 0 spiro atoms. The van der Waals surface area contributed by atoms with Crippen LogP contribution in [0.1, 0.15) is 57.6 Å². The number of likely N-dealkylation sites (N-methyl/N-ethyl adjacent to an activating group) is 1. The summed E-state index contributed by atoms with van der Waals surface area (Å²) in [6.45, 7) is 10.3. The van der Waals surface area contributed by atoms with E-state index >= 15 is 0 Å². The standard InChI is InChI=1S/C23H37N3O2/c1-3-25(4-2)21(20-11-7-5-8-12-20)22(27)24-19-23(13-9-6-10-14-23)26-15-17-28-18-16-26/h5,7-8,11-12,21H,3-4,6,9-10,13-19H2,1-2H3,(H,24,27). The first kappa shape index (κ1) is 21.3. The first-order valence-electron chi connectivity index (χ1n) is 11.1. The second-order valence-corrected chi connectivity index (χ2v) is 8.14. The van der Waals surface area contributed by atoms with E-state index in [0.29, 0.717) is 0 Å². The zero-order chi connectivity index (χ0) is 19.8. The normalized spacial score (nSPS) is 21.4. The minimum absolute atomic E-state index is 0.0994. The minimum Gasteiger partial charge on any atom is -0.379 e. The Bertz CT molecular complexity index is 591. The van der Waals surface area contributed by atoms with Crippen LogP contribution in [0.15, 0.2) is 30.3 Å². The van der Waals surface area contributed by atoms with Crippen LogP contribution in [0.25, 0.3) is 0 Å². The van der Waals surface area contributed by atoms with Crippen molar-refractivity contribution in [2.75, 3.05) is 45.9 Å². The van der Waals surface area contributed by atoms with Crippen LogP contribution in [-0.4, -0.2) is 67.2 Å². The van der Waals surface area contributed by atoms with E-state index in [9.17, 15) is 4.79 Å². The van der Waals surface area contributed by atoms with Gasteiger partial charge in [-0.05, 0) is 31.5 Å². The number of carbonyl (C=O) groups is 1. The monoisotopic (exact) mass is 387 g/mol. The van der Waals surface area contributed by atoms with Crippen molar-refractivity contribution < 1.29 is 9.53 Å². The number of nitrogens with zero attached hydrogens (tertiary/aromatic N) is 2. The molecule has 1 saturated carbocycles. The maximum Gasteiger partial charge on any atom is 0.242 e. The van der Waals surface area contributed by atoms with E-state index in [1.807, 2.05) is 18.2 Å². The van der Waals surface area contributed by atoms with Gasteiger partial charge >= 0.3 is 0 Å². The number of amides is 1. The van der Waals surface area contributed by atoms with Crippen molar-refractivity contribution in [1.29, 1.82) is 0 Å². The van der Waals surface area contributed by atoms with E-state index in [-0.39, 0.29) is 17.5 Å². The molecule has 1 atom stereocenters. The molecule has 0 aromatic heterocycles. The molecule has 1 amide bonds. The second kappa shape index (κ2) is 10.4. The van der Waals surface area contributed by atoms with Crippen LogP contribution in [0.4, 0.5) is 0 Å². The molecule has 5 heteroatoms. The molecule has 2 fully saturated rings. The van der Waals surface area contributed by atoms with Crippen LogP contribution in [0.5, 0.6) is 0 Å². The summed E-state index contributed by atoms with van der Waals surface area (Å²) < 4.78 is 5.58. The SMILES string of the molecule is CCN(CC)C(C(=O)NCC1(N2CCOCC2)CCCCC1)c1ccccc1. The average Bonchev–Trinajstić information content (AvgIpc) is 2.77. The molecule has 1 aliphatic carbocycles. The zero-order valence-electron chi connectivity index (χ0n) is 17.7. The summed E-state index contributed by atoms with van der Waals surface area (Å²) in [5.41, 5.74) is 1.18. The van der Waals surface area contributed by atoms with Crippen molar-refractivity contribution in [3.63, 3.8) is 0 Å². The van der Waals surface area contributed by atoms with Gasteiger partial charge in [-0.3, -0.25) is 14.6 Å². The maximum atomic E-state index is 13.4. The highest BCUT2D eigenvalue weighted by Crippen LogP contribution is 2.34. The topological polar surface area (TPSA) is 44.8 Å². The van der Waals surface area contributed by atoms with E-state index in [1.165, 1.54) is 32.1 Å². The Kier molecular flexibility index (Phi) is 7.89. The van der Waals surface area contributed by atoms with Gasteiger partial charge in [0.05, 0.1) is 13.2 Å². The summed E-state index contributed by atoms with van der Waals surface area (Å²) in [4.78, 5) is 18.2. The summed E-state index contributed by atoms with van der Waals surface area (Å²) in [7, 11) is 0. The predicted octanol–water partition coefficient (Wildman–Crippen LogP) is 3.22. The predicted molar refractivity (Wildman–Crippen MR) is 113 cm³/mol. The lowest BCUT2D eigenvalue weighted by atomic mass is 9.79. The molecule has 1 saturated heterocycles. The molecule has 0 bridgehead atoms. The number of ether oxygens (including phenoxy) is 1. The highest BCUT2D eigenvalue weighted by atomic mass is 16.5. The molecule has 1 unspecified atom stereocenters. The number of benzene rings is 1. The molecule has 1 aromatic carbocycles. The number of morpholine rings is 1. The lowest BCUT2D eigenvalue weighted by Gasteiger charge is -2.48. The second-order valence-electron chi connectivity index (χ2n) is 8.14. The largest absolute Gasteiger partial charge is 0.379 e. The van der Waals surface area contributed by atoms with Crippen molar-refractivity contribution in [3.8, 4) is 0 Å². The maximum absolute atomic E-state index is 13.4. The van der Waals surface area contributed by atoms with E-state index in [2.05, 4.69) is 41.1 Å². The lowest BCUT2D eigenvalue weighted by Crippen LogP contribution is -2.60. The molecule has 2 aliphatic rings. The van der Waals surface area contributed by atoms with Gasteiger partial charge in [0.1, 0.15) is 6.04 Å². The first-order chi connectivity index (χ1) is 13.7. The number of carbonyl (C=O) groups excluding carboxylic acids is 1. The first-order valence-corrected chi connectivity index (χ1v) is 11.1. The lowest BCUT2D eigenvalue weighted by molar-refractivity contribution is -0.128. The smallest absolute Gasteiger partial charge is 0.242 e. The Hall–Kier alpha value is -1.43. The van der Waals surface area contributed by atoms with Crippen molar-refractivity contribution in [3.05, 3.63) is 35.9 Å². The quantitative estimate of drug-likeness (QED) is 0.744. The number of rotatable bonds is 8. The van der Waals surface area contributed by atoms with Crippen LogP contribution in [0, 0.1) is 0 Å². The van der Waals surface area contributed by atoms with Crippen LogP contribution in [-0.2, 0) is 9.53 Å². The minimum atomic E-state index is -0.221. The summed E-state index contributed by atoms with van der Waals surface area (Å²) in [6.07, 6.45) is 6.17. The zero-order valence-corrected chi connectivity index (χ0v) is 17.7. The molecule has 5 nitrogen and oxygen atoms in total. The van der Waals surface area contributed by atoms with Crippen molar-refractivity contribution in [2.45, 2.75) is 57.5 Å².